The highest BCUT2D eigenvalue weighted by atomic mass is 32.2. The first-order valence-corrected chi connectivity index (χ1v) is 9.23. The number of likely N-dealkylation sites (tertiary alicyclic amines) is 1. The Hall–Kier alpha value is -1.36. The number of sulfonamides is 1. The number of hydrogen-bond acceptors (Lipinski definition) is 3. The lowest BCUT2D eigenvalue weighted by atomic mass is 9.77. The second kappa shape index (κ2) is 4.57. The van der Waals surface area contributed by atoms with E-state index in [4.69, 9.17) is 0 Å². The van der Waals surface area contributed by atoms with E-state index in [1.807, 2.05) is 12.1 Å². The van der Waals surface area contributed by atoms with E-state index in [1.54, 1.807) is 12.1 Å². The number of benzene rings is 1. The summed E-state index contributed by atoms with van der Waals surface area (Å²) in [6, 6.07) is 7.18. The lowest BCUT2D eigenvalue weighted by Crippen LogP contribution is -2.42. The van der Waals surface area contributed by atoms with Gasteiger partial charge in [0, 0.05) is 18.7 Å². The zero-order valence-electron chi connectivity index (χ0n) is 12.1. The Balaban J connectivity index is 1.61. The molecule has 112 valence electrons. The minimum Gasteiger partial charge on any atom is -0.355 e. The van der Waals surface area contributed by atoms with Crippen LogP contribution >= 0.6 is 0 Å². The topological polar surface area (TPSA) is 49.7 Å². The van der Waals surface area contributed by atoms with Gasteiger partial charge in [-0.15, -0.1) is 4.40 Å². The van der Waals surface area contributed by atoms with Crippen molar-refractivity contribution in [3.63, 3.8) is 0 Å². The molecule has 0 N–H and O–H groups in total. The Morgan fingerprint density at radius 3 is 2.38 bits per heavy atom. The normalized spacial score (nSPS) is 25.9. The Morgan fingerprint density at radius 1 is 1.00 bits per heavy atom. The molecule has 21 heavy (non-hydrogen) atoms. The molecular formula is C16H20N2O2S. The smallest absolute Gasteiger partial charge is 0.285 e. The lowest BCUT2D eigenvalue weighted by molar-refractivity contribution is 0.154. The van der Waals surface area contributed by atoms with Crippen LogP contribution in [0.3, 0.4) is 0 Å². The third kappa shape index (κ3) is 2.09. The molecule has 2 fully saturated rings. The molecule has 3 aliphatic rings. The molecule has 0 atom stereocenters. The Morgan fingerprint density at radius 2 is 1.67 bits per heavy atom. The second-order valence-corrected chi connectivity index (χ2v) is 8.15. The van der Waals surface area contributed by atoms with E-state index in [1.165, 1.54) is 38.5 Å². The summed E-state index contributed by atoms with van der Waals surface area (Å²) in [5, 5.41) is 0. The van der Waals surface area contributed by atoms with Crippen molar-refractivity contribution in [2.45, 2.75) is 43.4 Å². The number of nitrogens with zero attached hydrogens (tertiary/aromatic N) is 2. The number of rotatable bonds is 0. The number of fused-ring (bicyclic) bond motifs is 1. The maximum atomic E-state index is 12.1. The fourth-order valence-electron chi connectivity index (χ4n) is 4.13. The molecule has 0 aromatic heterocycles. The van der Waals surface area contributed by atoms with E-state index in [0.717, 1.165) is 18.7 Å². The second-order valence-electron chi connectivity index (χ2n) is 6.58. The van der Waals surface area contributed by atoms with Crippen LogP contribution in [0.4, 0.5) is 0 Å². The Kier molecular flexibility index (Phi) is 2.89. The van der Waals surface area contributed by atoms with Crippen LogP contribution in [-0.4, -0.2) is 32.2 Å². The molecule has 1 saturated carbocycles. The van der Waals surface area contributed by atoms with Gasteiger partial charge < -0.3 is 4.90 Å². The van der Waals surface area contributed by atoms with Gasteiger partial charge in [0.25, 0.3) is 10.0 Å². The van der Waals surface area contributed by atoms with Crippen LogP contribution in [-0.2, 0) is 10.0 Å². The van der Waals surface area contributed by atoms with Gasteiger partial charge in [-0.3, -0.25) is 0 Å². The molecule has 0 amide bonds. The van der Waals surface area contributed by atoms with Gasteiger partial charge >= 0.3 is 0 Å². The van der Waals surface area contributed by atoms with Crippen LogP contribution in [0.5, 0.6) is 0 Å². The van der Waals surface area contributed by atoms with Gasteiger partial charge in [-0.1, -0.05) is 25.0 Å². The summed E-state index contributed by atoms with van der Waals surface area (Å²) in [5.41, 5.74) is 1.31. The zero-order valence-corrected chi connectivity index (χ0v) is 12.9. The fraction of sp³-hybridized carbons (Fsp3) is 0.562. The predicted octanol–water partition coefficient (Wildman–Crippen LogP) is 2.79. The molecule has 0 unspecified atom stereocenters. The summed E-state index contributed by atoms with van der Waals surface area (Å²) in [7, 11) is -3.49. The van der Waals surface area contributed by atoms with Crippen molar-refractivity contribution in [3.8, 4) is 0 Å². The van der Waals surface area contributed by atoms with E-state index in [2.05, 4.69) is 9.30 Å². The van der Waals surface area contributed by atoms with Crippen LogP contribution < -0.4 is 0 Å². The molecular weight excluding hydrogens is 284 g/mol. The van der Waals surface area contributed by atoms with E-state index in [9.17, 15) is 8.42 Å². The standard InChI is InChI=1S/C16H20N2O2S/c19-21(20)14-6-2-1-5-13(14)15(17-21)18-11-9-16(10-12-18)7-3-4-8-16/h1-2,5-6H,3-4,7-12H2. The van der Waals surface area contributed by atoms with Crippen molar-refractivity contribution in [3.05, 3.63) is 29.8 Å². The summed E-state index contributed by atoms with van der Waals surface area (Å²) in [6.45, 7) is 1.87. The molecule has 1 aromatic carbocycles. The third-order valence-electron chi connectivity index (χ3n) is 5.40. The highest BCUT2D eigenvalue weighted by Gasteiger charge is 2.39. The molecule has 0 radical (unpaired) electrons. The van der Waals surface area contributed by atoms with Gasteiger partial charge in [-0.25, -0.2) is 0 Å². The van der Waals surface area contributed by atoms with E-state index < -0.39 is 10.0 Å². The molecule has 1 aromatic rings. The number of piperidine rings is 1. The average Bonchev–Trinajstić information content (AvgIpc) is 3.04. The zero-order chi connectivity index (χ0) is 14.5. The fourth-order valence-corrected chi connectivity index (χ4v) is 5.36. The molecule has 1 saturated heterocycles. The molecule has 4 nitrogen and oxygen atoms in total. The summed E-state index contributed by atoms with van der Waals surface area (Å²) in [4.78, 5) is 2.54. The monoisotopic (exact) mass is 304 g/mol. The Bertz CT molecular complexity index is 693. The van der Waals surface area contributed by atoms with Crippen molar-refractivity contribution in [1.29, 1.82) is 0 Å². The lowest BCUT2D eigenvalue weighted by Gasteiger charge is -2.40. The summed E-state index contributed by atoms with van der Waals surface area (Å²) in [5.74, 6) is 0.665. The van der Waals surface area contributed by atoms with Crippen molar-refractivity contribution < 1.29 is 8.42 Å². The van der Waals surface area contributed by atoms with Gasteiger partial charge in [0.05, 0.1) is 0 Å². The van der Waals surface area contributed by atoms with E-state index in [-0.39, 0.29) is 0 Å². The number of amidine groups is 1. The van der Waals surface area contributed by atoms with Gasteiger partial charge in [-0.05, 0) is 43.2 Å². The molecule has 1 spiro atoms. The van der Waals surface area contributed by atoms with Crippen LogP contribution in [0.25, 0.3) is 0 Å². The highest BCUT2D eigenvalue weighted by Crippen LogP contribution is 2.46. The molecule has 0 bridgehead atoms. The van der Waals surface area contributed by atoms with Gasteiger partial charge in [0.1, 0.15) is 4.90 Å². The van der Waals surface area contributed by atoms with Crippen LogP contribution in [0.2, 0.25) is 0 Å². The summed E-state index contributed by atoms with van der Waals surface area (Å²) >= 11 is 0. The SMILES string of the molecule is O=S1(=O)N=C(N2CCC3(CCCC3)CC2)c2ccccc21. The molecule has 2 heterocycles. The molecule has 5 heteroatoms. The van der Waals surface area contributed by atoms with Crippen molar-refractivity contribution >= 4 is 15.9 Å². The minimum absolute atomic E-state index is 0.362. The van der Waals surface area contributed by atoms with Gasteiger partial charge in [0.2, 0.25) is 0 Å². The highest BCUT2D eigenvalue weighted by molar-refractivity contribution is 7.90. The van der Waals surface area contributed by atoms with Crippen molar-refractivity contribution in [1.82, 2.24) is 4.90 Å². The maximum absolute atomic E-state index is 12.1. The van der Waals surface area contributed by atoms with E-state index in [0.29, 0.717) is 16.1 Å². The number of hydrogen-bond donors (Lipinski definition) is 0. The quantitative estimate of drug-likeness (QED) is 0.740. The van der Waals surface area contributed by atoms with Crippen LogP contribution in [0.1, 0.15) is 44.1 Å². The summed E-state index contributed by atoms with van der Waals surface area (Å²) in [6.07, 6.45) is 7.77. The van der Waals surface area contributed by atoms with Gasteiger partial charge in [-0.2, -0.15) is 8.42 Å². The molecule has 4 rings (SSSR count). The molecule has 1 aliphatic carbocycles. The first kappa shape index (κ1) is 13.3. The largest absolute Gasteiger partial charge is 0.355 e. The van der Waals surface area contributed by atoms with Crippen LogP contribution in [0, 0.1) is 5.41 Å². The first-order chi connectivity index (χ1) is 10.1. The maximum Gasteiger partial charge on any atom is 0.285 e. The van der Waals surface area contributed by atoms with Gasteiger partial charge in [0.15, 0.2) is 5.84 Å². The van der Waals surface area contributed by atoms with E-state index >= 15 is 0 Å². The first-order valence-electron chi connectivity index (χ1n) is 7.79. The third-order valence-corrected chi connectivity index (χ3v) is 6.73. The predicted molar refractivity (Wildman–Crippen MR) is 81.9 cm³/mol. The Labute approximate surface area is 125 Å². The molecule has 2 aliphatic heterocycles. The van der Waals surface area contributed by atoms with Crippen LogP contribution in [0.15, 0.2) is 33.6 Å². The average molecular weight is 304 g/mol. The minimum atomic E-state index is -3.49. The summed E-state index contributed by atoms with van der Waals surface area (Å²) < 4.78 is 28.3. The van der Waals surface area contributed by atoms with Crippen molar-refractivity contribution in [2.75, 3.05) is 13.1 Å². The van der Waals surface area contributed by atoms with Crippen molar-refractivity contribution in [2.24, 2.45) is 9.81 Å².